The highest BCUT2D eigenvalue weighted by atomic mass is 79.9. The zero-order valence-corrected chi connectivity index (χ0v) is 55.1. The number of rotatable bonds is 13. The quantitative estimate of drug-likeness (QED) is 0.103. The summed E-state index contributed by atoms with van der Waals surface area (Å²) >= 11 is 3.43. The summed E-state index contributed by atoms with van der Waals surface area (Å²) in [5, 5.41) is 26.7. The molecule has 2 N–H and O–H groups in total. The maximum Gasteiger partial charge on any atom is 0.231 e. The minimum Gasteiger partial charge on any atom is -0.507 e. The third kappa shape index (κ3) is 13.9. The van der Waals surface area contributed by atoms with Gasteiger partial charge in [0.05, 0.1) is 32.0 Å². The first-order valence-electron chi connectivity index (χ1n) is 31.0. The van der Waals surface area contributed by atoms with Crippen LogP contribution in [-0.4, -0.2) is 153 Å². The van der Waals surface area contributed by atoms with Gasteiger partial charge in [-0.25, -0.2) is 0 Å². The van der Waals surface area contributed by atoms with E-state index in [2.05, 4.69) is 54.0 Å². The predicted octanol–water partition coefficient (Wildman–Crippen LogP) is 13.3. The highest BCUT2D eigenvalue weighted by Crippen LogP contribution is 2.44. The summed E-state index contributed by atoms with van der Waals surface area (Å²) in [6, 6.07) is 53.5. The molecule has 19 nitrogen and oxygen atoms in total. The monoisotopic (exact) mass is 1350 g/mol. The fourth-order valence-corrected chi connectivity index (χ4v) is 13.2. The second-order valence-electron chi connectivity index (χ2n) is 23.2. The van der Waals surface area contributed by atoms with Gasteiger partial charge in [0.15, 0.2) is 34.5 Å². The average Bonchev–Trinajstić information content (AvgIpc) is 1.26. The molecule has 94 heavy (non-hydrogen) atoms. The van der Waals surface area contributed by atoms with Gasteiger partial charge in [0.25, 0.3) is 0 Å². The van der Waals surface area contributed by atoms with E-state index in [4.69, 9.17) is 80.5 Å². The van der Waals surface area contributed by atoms with Crippen LogP contribution >= 0.6 is 15.9 Å². The Morgan fingerprint density at radius 2 is 0.734 bits per heavy atom. The highest BCUT2D eigenvalue weighted by Gasteiger charge is 2.43. The minimum atomic E-state index is -0.990. The summed E-state index contributed by atoms with van der Waals surface area (Å²) < 4.78 is 94.9. The Labute approximate surface area is 554 Å². The molecule has 0 aromatic heterocycles. The summed E-state index contributed by atoms with van der Waals surface area (Å²) in [7, 11) is 9.87. The van der Waals surface area contributed by atoms with E-state index in [0.717, 1.165) is 106 Å². The molecule has 0 amide bonds. The summed E-state index contributed by atoms with van der Waals surface area (Å²) in [6.07, 6.45) is -3.20. The molecule has 15 rings (SSSR count). The van der Waals surface area contributed by atoms with Gasteiger partial charge in [0.1, 0.15) is 52.8 Å². The van der Waals surface area contributed by atoms with Gasteiger partial charge >= 0.3 is 0 Å². The van der Waals surface area contributed by atoms with Crippen molar-refractivity contribution in [3.63, 3.8) is 0 Å². The number of phenols is 1. The number of aliphatic hydroxyl groups is 1. The van der Waals surface area contributed by atoms with Gasteiger partial charge in [-0.05, 0) is 104 Å². The Morgan fingerprint density at radius 3 is 1.18 bits per heavy atom. The molecular weight excluding hydrogens is 1270 g/mol. The molecule has 9 aromatic carbocycles. The van der Waals surface area contributed by atoms with Gasteiger partial charge < -0.3 is 90.7 Å². The van der Waals surface area contributed by atoms with E-state index in [1.54, 1.807) is 41.6 Å². The summed E-state index contributed by atoms with van der Waals surface area (Å²) in [5.74, 6) is 6.59. The van der Waals surface area contributed by atoms with E-state index in [1.165, 1.54) is 7.11 Å². The highest BCUT2D eigenvalue weighted by molar-refractivity contribution is 9.09. The molecule has 20 heteroatoms. The molecule has 0 aliphatic carbocycles. The second kappa shape index (κ2) is 30.2. The molecule has 3 saturated heterocycles. The van der Waals surface area contributed by atoms with Crippen LogP contribution in [-0.2, 0) is 42.6 Å². The molecule has 3 fully saturated rings. The summed E-state index contributed by atoms with van der Waals surface area (Å²) in [6.45, 7) is 6.21. The van der Waals surface area contributed by atoms with Crippen LogP contribution in [0, 0.1) is 11.8 Å². The van der Waals surface area contributed by atoms with Crippen molar-refractivity contribution >= 4 is 48.2 Å². The molecule has 9 aromatic rings. The van der Waals surface area contributed by atoms with Crippen molar-refractivity contribution in [1.29, 1.82) is 0 Å². The number of alkyl halides is 1. The van der Waals surface area contributed by atoms with Crippen LogP contribution in [0.5, 0.6) is 51.7 Å². The average molecular weight is 1350 g/mol. The third-order valence-electron chi connectivity index (χ3n) is 17.8. The van der Waals surface area contributed by atoms with E-state index >= 15 is 0 Å². The lowest BCUT2D eigenvalue weighted by molar-refractivity contribution is -0.251. The van der Waals surface area contributed by atoms with Crippen molar-refractivity contribution in [3.05, 3.63) is 164 Å². The number of ether oxygens (including phenoxy) is 17. The zero-order chi connectivity index (χ0) is 65.4. The Kier molecular flexibility index (Phi) is 21.2. The lowest BCUT2D eigenvalue weighted by atomic mass is 9.95. The smallest absolute Gasteiger partial charge is 0.231 e. The van der Waals surface area contributed by atoms with Gasteiger partial charge in [0, 0.05) is 70.7 Å². The Bertz CT molecular complexity index is 3880. The lowest BCUT2D eigenvalue weighted by Gasteiger charge is -2.39. The molecule has 6 aliphatic heterocycles. The fourth-order valence-electron chi connectivity index (χ4n) is 12.7. The van der Waals surface area contributed by atoms with Crippen LogP contribution in [0.15, 0.2) is 164 Å². The first kappa shape index (κ1) is 66.1. The predicted molar refractivity (Wildman–Crippen MR) is 357 cm³/mol. The normalized spacial score (nSPS) is 24.7. The van der Waals surface area contributed by atoms with Gasteiger partial charge in [-0.2, -0.15) is 0 Å². The molecule has 0 bridgehead atoms. The molecule has 6 aliphatic rings. The van der Waals surface area contributed by atoms with Crippen molar-refractivity contribution in [2.24, 2.45) is 11.8 Å². The molecule has 0 saturated carbocycles. The van der Waals surface area contributed by atoms with Crippen molar-refractivity contribution in [2.45, 2.75) is 74.2 Å². The molecule has 0 spiro atoms. The number of methoxy groups -OCH3 is 6. The molecule has 494 valence electrons. The Balaban J connectivity index is 0.000000127. The largest absolute Gasteiger partial charge is 0.507 e. The topological polar surface area (TPSA) is 197 Å². The van der Waals surface area contributed by atoms with Crippen LogP contribution in [0.25, 0.3) is 65.7 Å². The number of benzene rings is 9. The van der Waals surface area contributed by atoms with Crippen LogP contribution < -0.4 is 37.9 Å². The minimum absolute atomic E-state index is 0.0102. The van der Waals surface area contributed by atoms with Crippen molar-refractivity contribution in [1.82, 2.24) is 0 Å². The zero-order valence-electron chi connectivity index (χ0n) is 53.5. The van der Waals surface area contributed by atoms with E-state index in [0.29, 0.717) is 30.6 Å². The first-order valence-corrected chi connectivity index (χ1v) is 31.9. The first-order chi connectivity index (χ1) is 45.9. The van der Waals surface area contributed by atoms with Gasteiger partial charge in [-0.1, -0.05) is 139 Å². The van der Waals surface area contributed by atoms with Crippen molar-refractivity contribution < 1.29 is 90.7 Å². The number of fused-ring (bicyclic) bond motifs is 6. The number of hydrogen-bond donors (Lipinski definition) is 2. The number of hydrogen-bond acceptors (Lipinski definition) is 19. The Hall–Kier alpha value is -7.96. The van der Waals surface area contributed by atoms with Gasteiger partial charge in [0.2, 0.25) is 33.0 Å². The summed E-state index contributed by atoms with van der Waals surface area (Å²) in [4.78, 5) is 0. The van der Waals surface area contributed by atoms with E-state index < -0.39 is 24.8 Å². The van der Waals surface area contributed by atoms with Crippen LogP contribution in [0.2, 0.25) is 0 Å². The standard InChI is InChI=1S/C25H26O6.C24H24O7.C17H12O3.C8H15BrO3/c1-15-24(27-3)23(26-2)13-28-25(15)31-20-11-9-17(18-6-4-5-7-19(18)20)16-8-10-21-22(12-16)30-14-29-21;1-26-21-12-28-24(22(25)23(21)27-2)31-18-10-8-15(16-5-3-4-6-17(16)18)14-7-9-19-20(11-14)30-13-29-19;18-15-7-6-12(13-3-1-2-4-14(13)15)11-5-8-16-17(9-11)20-10-19-16;1-5-7(11-3)6(10-2)4-12-8(5)9/h4-12,15,23-25H,13-14H2,1-3H3;3-11,21-25H,12-13H2,1-2H3;1-9,18H,10H2;5-8H,4H2,1-3H3/t15-,23-,24-,25?;21-,22-,23+,24?;;5-,6-,7-,8+/m11.1/s1. The molecule has 0 radical (unpaired) electrons. The number of aliphatic hydroxyl groups excluding tert-OH is 1. The van der Waals surface area contributed by atoms with Gasteiger partial charge in [-0.3, -0.25) is 0 Å². The Morgan fingerprint density at radius 1 is 0.372 bits per heavy atom. The molecular formula is C74H77BrO19. The molecule has 12 atom stereocenters. The maximum atomic E-state index is 10.7. The number of aromatic hydroxyl groups is 1. The van der Waals surface area contributed by atoms with Crippen LogP contribution in [0.4, 0.5) is 0 Å². The SMILES string of the molecule is CO[C@@H]1[C@@H](C)[C@@H](Br)OC[C@H]1OC.CO[C@H]1[C@H](OC)COC(Oc2ccc(-c3ccc4c(c3)OCO4)c3ccccc23)[C@@H]1C.CO[C@H]1[C@H](OC)COC(Oc2ccc(-c3ccc4c(c3)OCO4)c3ccccc23)[C@@H]1O.Oc1ccc(-c2ccc3c(c2)OCO3)c2ccccc12. The van der Waals surface area contributed by atoms with E-state index in [9.17, 15) is 10.2 Å². The van der Waals surface area contributed by atoms with Crippen molar-refractivity contribution in [3.8, 4) is 85.1 Å². The van der Waals surface area contributed by atoms with Gasteiger partial charge in [-0.15, -0.1) is 0 Å². The fraction of sp³-hybridized carbons (Fsp3) is 0.351. The van der Waals surface area contributed by atoms with Crippen LogP contribution in [0.3, 0.4) is 0 Å². The lowest BCUT2D eigenvalue weighted by Crippen LogP contribution is -2.56. The van der Waals surface area contributed by atoms with Crippen molar-refractivity contribution in [2.75, 3.05) is 82.9 Å². The summed E-state index contributed by atoms with van der Waals surface area (Å²) in [5.41, 5.74) is 6.34. The second-order valence-corrected chi connectivity index (χ2v) is 24.1. The maximum absolute atomic E-state index is 10.7. The van der Waals surface area contributed by atoms with Crippen LogP contribution in [0.1, 0.15) is 13.8 Å². The molecule has 2 unspecified atom stereocenters. The number of halogens is 1. The van der Waals surface area contributed by atoms with E-state index in [-0.39, 0.29) is 68.4 Å². The number of phenolic OH excluding ortho intramolecular Hbond substituents is 1. The third-order valence-corrected chi connectivity index (χ3v) is 18.9. The van der Waals surface area contributed by atoms with E-state index in [1.807, 2.05) is 133 Å². The molecule has 6 heterocycles.